The first kappa shape index (κ1) is 18.0. The Hall–Kier alpha value is -1.76. The summed E-state index contributed by atoms with van der Waals surface area (Å²) in [5.41, 5.74) is 3.24. The van der Waals surface area contributed by atoms with Crippen LogP contribution in [0.25, 0.3) is 11.1 Å². The predicted molar refractivity (Wildman–Crippen MR) is 98.8 cm³/mol. The third-order valence-electron chi connectivity index (χ3n) is 4.63. The quantitative estimate of drug-likeness (QED) is 0.890. The van der Waals surface area contributed by atoms with Crippen LogP contribution in [0.5, 0.6) is 0 Å². The van der Waals surface area contributed by atoms with E-state index in [1.54, 1.807) is 20.0 Å². The minimum absolute atomic E-state index is 0.0187. The number of ether oxygens (including phenoxy) is 1. The molecular weight excluding hydrogens is 336 g/mol. The molecule has 1 fully saturated rings. The number of aromatic nitrogens is 1. The van der Waals surface area contributed by atoms with Crippen LogP contribution in [-0.2, 0) is 14.8 Å². The van der Waals surface area contributed by atoms with Crippen molar-refractivity contribution in [3.05, 3.63) is 54.4 Å². The lowest BCUT2D eigenvalue weighted by Crippen LogP contribution is -2.46. The molecule has 1 aliphatic heterocycles. The van der Waals surface area contributed by atoms with Gasteiger partial charge in [0.05, 0.1) is 11.9 Å². The van der Waals surface area contributed by atoms with Crippen molar-refractivity contribution in [1.29, 1.82) is 0 Å². The molecule has 1 aliphatic rings. The summed E-state index contributed by atoms with van der Waals surface area (Å²) in [6.07, 6.45) is 4.27. The first-order valence-electron chi connectivity index (χ1n) is 8.56. The van der Waals surface area contributed by atoms with E-state index in [-0.39, 0.29) is 12.0 Å². The Balaban J connectivity index is 1.81. The molecule has 0 radical (unpaired) electrons. The molecular formula is C19H24N2O3S. The summed E-state index contributed by atoms with van der Waals surface area (Å²) in [6, 6.07) is 12.0. The highest BCUT2D eigenvalue weighted by atomic mass is 32.2. The number of sulfonamides is 1. The molecule has 6 heteroatoms. The Morgan fingerprint density at radius 1 is 1.16 bits per heavy atom. The van der Waals surface area contributed by atoms with Crippen molar-refractivity contribution in [3.63, 3.8) is 0 Å². The lowest BCUT2D eigenvalue weighted by atomic mass is 9.88. The van der Waals surface area contributed by atoms with Gasteiger partial charge in [0.1, 0.15) is 0 Å². The maximum atomic E-state index is 12.3. The minimum Gasteiger partial charge on any atom is -0.381 e. The van der Waals surface area contributed by atoms with Crippen LogP contribution in [0.3, 0.4) is 0 Å². The number of nitrogens with one attached hydrogen (secondary N) is 1. The number of hydrogen-bond acceptors (Lipinski definition) is 4. The van der Waals surface area contributed by atoms with E-state index in [1.807, 2.05) is 18.3 Å². The van der Waals surface area contributed by atoms with Gasteiger partial charge >= 0.3 is 0 Å². The number of nitrogens with zero attached hydrogens (tertiary/aromatic N) is 1. The van der Waals surface area contributed by atoms with Gasteiger partial charge in [0.15, 0.2) is 0 Å². The zero-order valence-corrected chi connectivity index (χ0v) is 15.4. The molecule has 3 rings (SSSR count). The minimum atomic E-state index is -3.30. The Morgan fingerprint density at radius 3 is 2.56 bits per heavy atom. The second kappa shape index (κ2) is 7.64. The maximum absolute atomic E-state index is 12.3. The third kappa shape index (κ3) is 4.26. The average molecular weight is 360 g/mol. The molecule has 2 aromatic rings. The van der Waals surface area contributed by atoms with Gasteiger partial charge in [-0.1, -0.05) is 30.3 Å². The maximum Gasteiger partial charge on any atom is 0.214 e. The van der Waals surface area contributed by atoms with Gasteiger partial charge in [-0.05, 0) is 43.0 Å². The molecule has 134 valence electrons. The van der Waals surface area contributed by atoms with Crippen LogP contribution in [0.2, 0.25) is 0 Å². The summed E-state index contributed by atoms with van der Waals surface area (Å²) in [6.45, 7) is 4.49. The van der Waals surface area contributed by atoms with Crippen molar-refractivity contribution in [1.82, 2.24) is 9.71 Å². The van der Waals surface area contributed by atoms with Crippen molar-refractivity contribution >= 4 is 10.0 Å². The highest BCUT2D eigenvalue weighted by Gasteiger charge is 2.31. The van der Waals surface area contributed by atoms with Gasteiger partial charge in [0.2, 0.25) is 10.0 Å². The van der Waals surface area contributed by atoms with Crippen molar-refractivity contribution < 1.29 is 13.2 Å². The molecule has 2 atom stereocenters. The van der Waals surface area contributed by atoms with Crippen molar-refractivity contribution in [2.24, 2.45) is 0 Å². The van der Waals surface area contributed by atoms with Crippen LogP contribution in [0.1, 0.15) is 31.7 Å². The summed E-state index contributed by atoms with van der Waals surface area (Å²) in [4.78, 5) is 4.15. The standard InChI is InChI=1S/C19H24N2O3S/c1-14(2)25(22,23)21-19-9-11-24-13-18(19)16-7-5-15(6-8-16)17-4-3-10-20-12-17/h3-8,10,12,14,18-19,21H,9,11,13H2,1-2H3/t18-,19+/m0/s1. The smallest absolute Gasteiger partial charge is 0.214 e. The predicted octanol–water partition coefficient (Wildman–Crippen LogP) is 2.95. The van der Waals surface area contributed by atoms with Gasteiger partial charge in [-0.3, -0.25) is 4.98 Å². The second-order valence-electron chi connectivity index (χ2n) is 6.65. The number of rotatable bonds is 5. The van der Waals surface area contributed by atoms with E-state index in [9.17, 15) is 8.42 Å². The Bertz CT molecular complexity index is 789. The fraction of sp³-hybridized carbons (Fsp3) is 0.421. The normalized spacial score (nSPS) is 21.4. The van der Waals surface area contributed by atoms with Crippen LogP contribution in [0.15, 0.2) is 48.8 Å². The average Bonchev–Trinajstić information content (AvgIpc) is 2.63. The molecule has 2 heterocycles. The van der Waals surface area contributed by atoms with Crippen molar-refractivity contribution in [2.45, 2.75) is 37.5 Å². The van der Waals surface area contributed by atoms with Crippen LogP contribution >= 0.6 is 0 Å². The summed E-state index contributed by atoms with van der Waals surface area (Å²) in [7, 11) is -3.30. The van der Waals surface area contributed by atoms with Gasteiger partial charge in [-0.15, -0.1) is 0 Å². The highest BCUT2D eigenvalue weighted by molar-refractivity contribution is 7.90. The fourth-order valence-electron chi connectivity index (χ4n) is 3.01. The largest absolute Gasteiger partial charge is 0.381 e. The van der Waals surface area contributed by atoms with Crippen LogP contribution in [-0.4, -0.2) is 37.9 Å². The molecule has 5 nitrogen and oxygen atoms in total. The first-order valence-corrected chi connectivity index (χ1v) is 10.1. The van der Waals surface area contributed by atoms with E-state index in [4.69, 9.17) is 4.74 Å². The topological polar surface area (TPSA) is 68.3 Å². The fourth-order valence-corrected chi connectivity index (χ4v) is 3.99. The van der Waals surface area contributed by atoms with E-state index >= 15 is 0 Å². The molecule has 0 aliphatic carbocycles. The molecule has 1 aromatic carbocycles. The van der Waals surface area contributed by atoms with Crippen molar-refractivity contribution in [3.8, 4) is 11.1 Å². The van der Waals surface area contributed by atoms with Gasteiger partial charge in [0.25, 0.3) is 0 Å². The summed E-state index contributed by atoms with van der Waals surface area (Å²) < 4.78 is 33.0. The molecule has 0 amide bonds. The Labute approximate surface area is 149 Å². The van der Waals surface area contributed by atoms with Crippen LogP contribution < -0.4 is 4.72 Å². The summed E-state index contributed by atoms with van der Waals surface area (Å²) >= 11 is 0. The first-order chi connectivity index (χ1) is 12.0. The summed E-state index contributed by atoms with van der Waals surface area (Å²) in [5.74, 6) is 0.0187. The lowest BCUT2D eigenvalue weighted by Gasteiger charge is -2.33. The highest BCUT2D eigenvalue weighted by Crippen LogP contribution is 2.29. The van der Waals surface area contributed by atoms with E-state index in [1.165, 1.54) is 0 Å². The zero-order valence-electron chi connectivity index (χ0n) is 14.6. The molecule has 1 N–H and O–H groups in total. The summed E-state index contributed by atoms with van der Waals surface area (Å²) in [5, 5.41) is -0.441. The molecule has 0 unspecified atom stereocenters. The Morgan fingerprint density at radius 2 is 1.92 bits per heavy atom. The molecule has 1 aromatic heterocycles. The van der Waals surface area contributed by atoms with Gasteiger partial charge in [-0.25, -0.2) is 13.1 Å². The van der Waals surface area contributed by atoms with E-state index in [2.05, 4.69) is 34.0 Å². The number of benzene rings is 1. The second-order valence-corrected chi connectivity index (χ2v) is 8.92. The van der Waals surface area contributed by atoms with Crippen LogP contribution in [0, 0.1) is 0 Å². The zero-order chi connectivity index (χ0) is 17.9. The van der Waals surface area contributed by atoms with E-state index in [0.29, 0.717) is 19.6 Å². The molecule has 0 saturated carbocycles. The van der Waals surface area contributed by atoms with E-state index < -0.39 is 15.3 Å². The van der Waals surface area contributed by atoms with E-state index in [0.717, 1.165) is 16.7 Å². The molecule has 0 spiro atoms. The Kier molecular flexibility index (Phi) is 5.51. The van der Waals surface area contributed by atoms with Crippen LogP contribution in [0.4, 0.5) is 0 Å². The SMILES string of the molecule is CC(C)S(=O)(=O)N[C@@H]1CCOC[C@H]1c1ccc(-c2cccnc2)cc1. The third-order valence-corrected chi connectivity index (χ3v) is 6.50. The van der Waals surface area contributed by atoms with Crippen molar-refractivity contribution in [2.75, 3.05) is 13.2 Å². The monoisotopic (exact) mass is 360 g/mol. The number of hydrogen-bond donors (Lipinski definition) is 1. The van der Waals surface area contributed by atoms with Gasteiger partial charge in [-0.2, -0.15) is 0 Å². The van der Waals surface area contributed by atoms with Gasteiger partial charge < -0.3 is 4.74 Å². The number of pyridine rings is 1. The molecule has 25 heavy (non-hydrogen) atoms. The molecule has 0 bridgehead atoms. The lowest BCUT2D eigenvalue weighted by molar-refractivity contribution is 0.0653. The molecule has 1 saturated heterocycles. The van der Waals surface area contributed by atoms with Gasteiger partial charge in [0, 0.05) is 31.0 Å².